The number of carbonyl (C=O) groups is 3. The predicted octanol–water partition coefficient (Wildman–Crippen LogP) is 1.34. The van der Waals surface area contributed by atoms with Crippen LogP contribution >= 0.6 is 11.8 Å². The number of carboxylic acids is 1. The van der Waals surface area contributed by atoms with E-state index in [0.29, 0.717) is 23.5 Å². The average Bonchev–Trinajstić information content (AvgIpc) is 2.83. The second kappa shape index (κ2) is 5.96. The van der Waals surface area contributed by atoms with E-state index in [2.05, 4.69) is 5.32 Å². The maximum atomic E-state index is 11.8. The van der Waals surface area contributed by atoms with Crippen molar-refractivity contribution >= 4 is 29.7 Å². The van der Waals surface area contributed by atoms with Crippen molar-refractivity contribution in [1.82, 2.24) is 10.2 Å². The van der Waals surface area contributed by atoms with Gasteiger partial charge in [-0.2, -0.15) is 0 Å². The SMILES string of the molecule is Cc1ccc(SCC(=O)N2CCNC2=O)cc1C(=O)O. The molecule has 1 heterocycles. The van der Waals surface area contributed by atoms with Gasteiger partial charge in [-0.15, -0.1) is 11.8 Å². The van der Waals surface area contributed by atoms with Crippen LogP contribution in [0, 0.1) is 6.92 Å². The molecule has 1 fully saturated rings. The Bertz CT molecular complexity index is 573. The van der Waals surface area contributed by atoms with Gasteiger partial charge in [0.1, 0.15) is 0 Å². The molecule has 0 spiro atoms. The van der Waals surface area contributed by atoms with E-state index in [1.54, 1.807) is 25.1 Å². The fourth-order valence-electron chi connectivity index (χ4n) is 1.85. The highest BCUT2D eigenvalue weighted by Gasteiger charge is 2.25. The van der Waals surface area contributed by atoms with Gasteiger partial charge >= 0.3 is 12.0 Å². The number of carbonyl (C=O) groups excluding carboxylic acids is 2. The van der Waals surface area contributed by atoms with Gasteiger partial charge in [0.2, 0.25) is 5.91 Å². The van der Waals surface area contributed by atoms with Crippen LogP contribution in [0.25, 0.3) is 0 Å². The Morgan fingerprint density at radius 2 is 2.20 bits per heavy atom. The highest BCUT2D eigenvalue weighted by Crippen LogP contribution is 2.22. The van der Waals surface area contributed by atoms with Crippen molar-refractivity contribution in [2.75, 3.05) is 18.8 Å². The van der Waals surface area contributed by atoms with Gasteiger partial charge in [-0.1, -0.05) is 6.07 Å². The first-order valence-electron chi connectivity index (χ1n) is 6.04. The summed E-state index contributed by atoms with van der Waals surface area (Å²) < 4.78 is 0. The first-order chi connectivity index (χ1) is 9.49. The quantitative estimate of drug-likeness (QED) is 0.818. The number of nitrogens with zero attached hydrogens (tertiary/aromatic N) is 1. The molecule has 0 aromatic heterocycles. The number of nitrogens with one attached hydrogen (secondary N) is 1. The summed E-state index contributed by atoms with van der Waals surface area (Å²) in [4.78, 5) is 36.1. The molecule has 0 unspecified atom stereocenters. The summed E-state index contributed by atoms with van der Waals surface area (Å²) in [5.74, 6) is -1.16. The highest BCUT2D eigenvalue weighted by atomic mass is 32.2. The third-order valence-corrected chi connectivity index (χ3v) is 3.94. The summed E-state index contributed by atoms with van der Waals surface area (Å²) in [6, 6.07) is 4.65. The number of aromatic carboxylic acids is 1. The number of rotatable bonds is 4. The molecule has 0 radical (unpaired) electrons. The molecule has 7 heteroatoms. The standard InChI is InChI=1S/C13H14N2O4S/c1-8-2-3-9(6-10(8)12(17)18)20-7-11(16)15-5-4-14-13(15)19/h2-3,6H,4-5,7H2,1H3,(H,14,19)(H,17,18). The van der Waals surface area contributed by atoms with E-state index in [0.717, 1.165) is 0 Å². The fourth-order valence-corrected chi connectivity index (χ4v) is 2.67. The van der Waals surface area contributed by atoms with E-state index < -0.39 is 5.97 Å². The zero-order chi connectivity index (χ0) is 14.7. The van der Waals surface area contributed by atoms with Crippen LogP contribution in [0.4, 0.5) is 4.79 Å². The van der Waals surface area contributed by atoms with Crippen LogP contribution in [0.1, 0.15) is 15.9 Å². The van der Waals surface area contributed by atoms with Crippen LogP contribution in [0.3, 0.4) is 0 Å². The van der Waals surface area contributed by atoms with Crippen molar-refractivity contribution in [3.8, 4) is 0 Å². The summed E-state index contributed by atoms with van der Waals surface area (Å²) in [6.45, 7) is 2.58. The molecule has 1 saturated heterocycles. The van der Waals surface area contributed by atoms with Gasteiger partial charge in [0.25, 0.3) is 0 Å². The molecule has 0 atom stereocenters. The molecule has 3 amide bonds. The minimum atomic E-state index is -0.991. The third-order valence-electron chi connectivity index (χ3n) is 2.96. The van der Waals surface area contributed by atoms with Crippen molar-refractivity contribution in [1.29, 1.82) is 0 Å². The molecule has 0 saturated carbocycles. The van der Waals surface area contributed by atoms with Crippen LogP contribution in [-0.2, 0) is 4.79 Å². The Morgan fingerprint density at radius 3 is 2.80 bits per heavy atom. The molecule has 1 aromatic rings. The van der Waals surface area contributed by atoms with Crippen LogP contribution < -0.4 is 5.32 Å². The minimum absolute atomic E-state index is 0.107. The molecule has 2 N–H and O–H groups in total. The lowest BCUT2D eigenvalue weighted by Crippen LogP contribution is -2.35. The van der Waals surface area contributed by atoms with Gasteiger partial charge in [0, 0.05) is 18.0 Å². The first-order valence-corrected chi connectivity index (χ1v) is 7.02. The normalized spacial score (nSPS) is 14.2. The van der Waals surface area contributed by atoms with E-state index in [-0.39, 0.29) is 23.3 Å². The number of carboxylic acid groups (broad SMARTS) is 1. The minimum Gasteiger partial charge on any atom is -0.478 e. The Morgan fingerprint density at radius 1 is 1.45 bits per heavy atom. The summed E-state index contributed by atoms with van der Waals surface area (Å²) in [5, 5.41) is 11.6. The maximum Gasteiger partial charge on any atom is 0.335 e. The number of hydrogen-bond donors (Lipinski definition) is 2. The van der Waals surface area contributed by atoms with Crippen LogP contribution in [-0.4, -0.2) is 46.8 Å². The number of imide groups is 1. The van der Waals surface area contributed by atoms with Gasteiger partial charge < -0.3 is 10.4 Å². The van der Waals surface area contributed by atoms with E-state index in [9.17, 15) is 14.4 Å². The Labute approximate surface area is 120 Å². The second-order valence-electron chi connectivity index (χ2n) is 4.35. The lowest BCUT2D eigenvalue weighted by Gasteiger charge is -2.12. The van der Waals surface area contributed by atoms with Crippen molar-refractivity contribution in [3.63, 3.8) is 0 Å². The largest absolute Gasteiger partial charge is 0.478 e. The van der Waals surface area contributed by atoms with E-state index >= 15 is 0 Å². The summed E-state index contributed by atoms with van der Waals surface area (Å²) >= 11 is 1.22. The Kier molecular flexibility index (Phi) is 4.29. The number of benzene rings is 1. The van der Waals surface area contributed by atoms with Crippen LogP contribution in [0.15, 0.2) is 23.1 Å². The lowest BCUT2D eigenvalue weighted by atomic mass is 10.1. The summed E-state index contributed by atoms with van der Waals surface area (Å²) in [7, 11) is 0. The van der Waals surface area contributed by atoms with Gasteiger partial charge in [0.15, 0.2) is 0 Å². The molecule has 1 aliphatic heterocycles. The number of thioether (sulfide) groups is 1. The maximum absolute atomic E-state index is 11.8. The van der Waals surface area contributed by atoms with E-state index in [1.807, 2.05) is 0 Å². The smallest absolute Gasteiger partial charge is 0.335 e. The molecular formula is C13H14N2O4S. The van der Waals surface area contributed by atoms with Gasteiger partial charge in [-0.25, -0.2) is 9.59 Å². The number of amides is 3. The highest BCUT2D eigenvalue weighted by molar-refractivity contribution is 8.00. The van der Waals surface area contributed by atoms with E-state index in [1.165, 1.54) is 16.7 Å². The molecule has 1 aliphatic rings. The first kappa shape index (κ1) is 14.4. The topological polar surface area (TPSA) is 86.7 Å². The Hall–Kier alpha value is -2.02. The average molecular weight is 294 g/mol. The van der Waals surface area contributed by atoms with Crippen LogP contribution in [0.5, 0.6) is 0 Å². The van der Waals surface area contributed by atoms with Gasteiger partial charge in [0.05, 0.1) is 11.3 Å². The van der Waals surface area contributed by atoms with Crippen molar-refractivity contribution in [2.45, 2.75) is 11.8 Å². The van der Waals surface area contributed by atoms with E-state index in [4.69, 9.17) is 5.11 Å². The molecule has 106 valence electrons. The molecule has 6 nitrogen and oxygen atoms in total. The van der Waals surface area contributed by atoms with Crippen molar-refractivity contribution in [2.24, 2.45) is 0 Å². The van der Waals surface area contributed by atoms with Gasteiger partial charge in [-0.3, -0.25) is 9.69 Å². The Balaban J connectivity index is 2.00. The fraction of sp³-hybridized carbons (Fsp3) is 0.308. The summed E-state index contributed by atoms with van der Waals surface area (Å²) in [6.07, 6.45) is 0. The number of urea groups is 1. The number of hydrogen-bond acceptors (Lipinski definition) is 4. The van der Waals surface area contributed by atoms with Gasteiger partial charge in [-0.05, 0) is 24.6 Å². The molecule has 20 heavy (non-hydrogen) atoms. The third kappa shape index (κ3) is 3.11. The zero-order valence-electron chi connectivity index (χ0n) is 10.9. The molecule has 1 aromatic carbocycles. The van der Waals surface area contributed by atoms with Crippen molar-refractivity contribution in [3.05, 3.63) is 29.3 Å². The second-order valence-corrected chi connectivity index (χ2v) is 5.40. The molecular weight excluding hydrogens is 280 g/mol. The monoisotopic (exact) mass is 294 g/mol. The predicted molar refractivity (Wildman–Crippen MR) is 74.0 cm³/mol. The summed E-state index contributed by atoms with van der Waals surface area (Å²) in [5.41, 5.74) is 0.897. The zero-order valence-corrected chi connectivity index (χ0v) is 11.7. The number of aryl methyl sites for hydroxylation is 1. The molecule has 2 rings (SSSR count). The molecule has 0 aliphatic carbocycles. The lowest BCUT2D eigenvalue weighted by molar-refractivity contribution is -0.124. The van der Waals surface area contributed by atoms with Crippen molar-refractivity contribution < 1.29 is 19.5 Å². The molecule has 0 bridgehead atoms. The van der Waals surface area contributed by atoms with Crippen LogP contribution in [0.2, 0.25) is 0 Å².